The van der Waals surface area contributed by atoms with E-state index in [9.17, 15) is 4.79 Å². The molecule has 0 aliphatic carbocycles. The topological polar surface area (TPSA) is 75.5 Å². The number of ether oxygens (including phenoxy) is 3. The zero-order valence-corrected chi connectivity index (χ0v) is 21.8. The zero-order chi connectivity index (χ0) is 24.9. The van der Waals surface area contributed by atoms with Crippen molar-refractivity contribution in [3.8, 4) is 5.75 Å². The summed E-state index contributed by atoms with van der Waals surface area (Å²) in [5.74, 6) is 0.312. The summed E-state index contributed by atoms with van der Waals surface area (Å²) in [7, 11) is 3.05. The maximum absolute atomic E-state index is 12.3. The Morgan fingerprint density at radius 3 is 2.60 bits per heavy atom. The zero-order valence-electron chi connectivity index (χ0n) is 20.2. The van der Waals surface area contributed by atoms with E-state index in [0.29, 0.717) is 17.6 Å². The molecule has 0 saturated carbocycles. The predicted molar refractivity (Wildman–Crippen MR) is 137 cm³/mol. The fourth-order valence-corrected chi connectivity index (χ4v) is 5.49. The number of aromatic nitrogens is 3. The molecule has 0 fully saturated rings. The van der Waals surface area contributed by atoms with Crippen molar-refractivity contribution in [2.45, 2.75) is 45.9 Å². The van der Waals surface area contributed by atoms with Gasteiger partial charge in [-0.2, -0.15) is 0 Å². The van der Waals surface area contributed by atoms with Gasteiger partial charge in [-0.3, -0.25) is 4.79 Å². The number of hydrogen-bond acceptors (Lipinski definition) is 7. The average Bonchev–Trinajstić information content (AvgIpc) is 3.47. The first-order valence-electron chi connectivity index (χ1n) is 11.3. The Morgan fingerprint density at radius 2 is 1.91 bits per heavy atom. The molecule has 4 aromatic rings. The summed E-state index contributed by atoms with van der Waals surface area (Å²) in [5.41, 5.74) is 5.76. The van der Waals surface area contributed by atoms with Crippen LogP contribution in [0.1, 0.15) is 46.4 Å². The van der Waals surface area contributed by atoms with Gasteiger partial charge in [-0.25, -0.2) is 4.68 Å². The van der Waals surface area contributed by atoms with Gasteiger partial charge in [-0.1, -0.05) is 35.0 Å². The minimum Gasteiger partial charge on any atom is -0.497 e. The number of halogens is 1. The molecule has 0 bridgehead atoms. The van der Waals surface area contributed by atoms with Gasteiger partial charge in [-0.15, -0.1) is 16.4 Å². The molecule has 4 rings (SSSR count). The lowest BCUT2D eigenvalue weighted by Crippen LogP contribution is -2.10. The van der Waals surface area contributed by atoms with E-state index in [1.165, 1.54) is 18.4 Å². The highest BCUT2D eigenvalue weighted by Gasteiger charge is 2.25. The second-order valence-corrected chi connectivity index (χ2v) is 9.86. The highest BCUT2D eigenvalue weighted by Crippen LogP contribution is 2.40. The molecule has 0 spiro atoms. The van der Waals surface area contributed by atoms with Gasteiger partial charge in [-0.05, 0) is 54.8 Å². The Hall–Kier alpha value is -2.94. The van der Waals surface area contributed by atoms with Crippen molar-refractivity contribution in [1.29, 1.82) is 0 Å². The van der Waals surface area contributed by atoms with E-state index >= 15 is 0 Å². The minimum atomic E-state index is -0.284. The standard InChI is InChI=1S/C26H28ClN3O4S/c1-5-30-22-11-10-20(16(2)25(22)28-29-30)21(13-24(31)33-4)23-12-18(26(27)35-23)15-34-14-17-6-8-19(32-3)9-7-17/h6-12,21H,5,13-15H2,1-4H3/t21-/m1/s1. The van der Waals surface area contributed by atoms with Crippen molar-refractivity contribution < 1.29 is 19.0 Å². The van der Waals surface area contributed by atoms with Gasteiger partial charge in [0.2, 0.25) is 0 Å². The number of aryl methyl sites for hydroxylation is 2. The van der Waals surface area contributed by atoms with Gasteiger partial charge in [0.05, 0.1) is 43.7 Å². The van der Waals surface area contributed by atoms with Crippen LogP contribution in [-0.4, -0.2) is 35.2 Å². The van der Waals surface area contributed by atoms with Crippen molar-refractivity contribution in [2.75, 3.05) is 14.2 Å². The van der Waals surface area contributed by atoms with Crippen molar-refractivity contribution in [1.82, 2.24) is 15.0 Å². The van der Waals surface area contributed by atoms with Crippen LogP contribution in [0, 0.1) is 6.92 Å². The second-order valence-electron chi connectivity index (χ2n) is 8.17. The van der Waals surface area contributed by atoms with E-state index in [1.54, 1.807) is 7.11 Å². The summed E-state index contributed by atoms with van der Waals surface area (Å²) < 4.78 is 18.6. The van der Waals surface area contributed by atoms with Gasteiger partial charge in [0.25, 0.3) is 0 Å². The first-order valence-corrected chi connectivity index (χ1v) is 12.5. The number of hydrogen-bond donors (Lipinski definition) is 0. The molecule has 1 atom stereocenters. The predicted octanol–water partition coefficient (Wildman–Crippen LogP) is 5.89. The minimum absolute atomic E-state index is 0.202. The smallest absolute Gasteiger partial charge is 0.306 e. The molecular formula is C26H28ClN3O4S. The van der Waals surface area contributed by atoms with Gasteiger partial charge in [0.15, 0.2) is 0 Å². The average molecular weight is 514 g/mol. The molecule has 2 heterocycles. The van der Waals surface area contributed by atoms with Crippen LogP contribution in [0.3, 0.4) is 0 Å². The van der Waals surface area contributed by atoms with E-state index in [-0.39, 0.29) is 18.3 Å². The second kappa shape index (κ2) is 11.2. The molecule has 0 amide bonds. The normalized spacial score (nSPS) is 12.1. The molecule has 35 heavy (non-hydrogen) atoms. The van der Waals surface area contributed by atoms with Crippen molar-refractivity contribution in [3.63, 3.8) is 0 Å². The highest BCUT2D eigenvalue weighted by atomic mass is 35.5. The first kappa shape index (κ1) is 25.2. The summed E-state index contributed by atoms with van der Waals surface area (Å²) in [6, 6.07) is 13.8. The number of benzene rings is 2. The first-order chi connectivity index (χ1) is 16.9. The van der Waals surface area contributed by atoms with Crippen LogP contribution in [0.15, 0.2) is 42.5 Å². The number of carbonyl (C=O) groups excluding carboxylic acids is 1. The maximum atomic E-state index is 12.3. The fourth-order valence-electron chi connectivity index (χ4n) is 4.11. The third-order valence-electron chi connectivity index (χ3n) is 6.06. The third-order valence-corrected chi connectivity index (χ3v) is 7.61. The van der Waals surface area contributed by atoms with Gasteiger partial charge < -0.3 is 14.2 Å². The molecule has 0 unspecified atom stereocenters. The van der Waals surface area contributed by atoms with Crippen LogP contribution >= 0.6 is 22.9 Å². The van der Waals surface area contributed by atoms with E-state index in [4.69, 9.17) is 25.8 Å². The third kappa shape index (κ3) is 5.50. The number of fused-ring (bicyclic) bond motifs is 1. The van der Waals surface area contributed by atoms with Crippen LogP contribution in [0.25, 0.3) is 11.0 Å². The van der Waals surface area contributed by atoms with Gasteiger partial charge in [0.1, 0.15) is 11.3 Å². The summed E-state index contributed by atoms with van der Waals surface area (Å²) in [6.07, 6.45) is 0.202. The monoisotopic (exact) mass is 513 g/mol. The Balaban J connectivity index is 1.58. The van der Waals surface area contributed by atoms with Gasteiger partial charge in [0, 0.05) is 22.9 Å². The molecule has 0 saturated heterocycles. The van der Waals surface area contributed by atoms with E-state index < -0.39 is 0 Å². The van der Waals surface area contributed by atoms with Crippen LogP contribution < -0.4 is 4.74 Å². The molecule has 2 aromatic heterocycles. The quantitative estimate of drug-likeness (QED) is 0.246. The van der Waals surface area contributed by atoms with Crippen molar-refractivity contribution in [2.24, 2.45) is 0 Å². The Kier molecular flexibility index (Phi) is 8.05. The molecule has 0 N–H and O–H groups in total. The maximum Gasteiger partial charge on any atom is 0.306 e. The number of rotatable bonds is 10. The number of carbonyl (C=O) groups is 1. The molecule has 7 nitrogen and oxygen atoms in total. The lowest BCUT2D eigenvalue weighted by atomic mass is 9.89. The largest absolute Gasteiger partial charge is 0.497 e. The number of esters is 1. The molecule has 0 radical (unpaired) electrons. The molecule has 0 aliphatic rings. The summed E-state index contributed by atoms with van der Waals surface area (Å²) >= 11 is 8.07. The SMILES string of the molecule is CCn1nnc2c(C)c([C@@H](CC(=O)OC)c3cc(COCc4ccc(OC)cc4)c(Cl)s3)ccc21. The Bertz CT molecular complexity index is 1320. The highest BCUT2D eigenvalue weighted by molar-refractivity contribution is 7.16. The van der Waals surface area contributed by atoms with Crippen LogP contribution in [0.5, 0.6) is 5.75 Å². The molecule has 2 aromatic carbocycles. The summed E-state index contributed by atoms with van der Waals surface area (Å²) in [5, 5.41) is 8.62. The summed E-state index contributed by atoms with van der Waals surface area (Å²) in [6.45, 7) is 5.62. The van der Waals surface area contributed by atoms with E-state index in [2.05, 4.69) is 10.3 Å². The van der Waals surface area contributed by atoms with Gasteiger partial charge >= 0.3 is 5.97 Å². The van der Waals surface area contributed by atoms with E-state index in [0.717, 1.165) is 50.5 Å². The lowest BCUT2D eigenvalue weighted by molar-refractivity contribution is -0.140. The Morgan fingerprint density at radius 1 is 1.14 bits per heavy atom. The van der Waals surface area contributed by atoms with Crippen LogP contribution in [0.2, 0.25) is 4.34 Å². The van der Waals surface area contributed by atoms with Crippen LogP contribution in [-0.2, 0) is 34.0 Å². The van der Waals surface area contributed by atoms with E-state index in [1.807, 2.05) is 61.0 Å². The number of methoxy groups -OCH3 is 2. The fraction of sp³-hybridized carbons (Fsp3) is 0.346. The Labute approximate surface area is 213 Å². The molecule has 0 aliphatic heterocycles. The lowest BCUT2D eigenvalue weighted by Gasteiger charge is -2.17. The molecular weight excluding hydrogens is 486 g/mol. The molecule has 184 valence electrons. The number of nitrogens with zero attached hydrogens (tertiary/aromatic N) is 3. The molecule has 9 heteroatoms. The van der Waals surface area contributed by atoms with Crippen molar-refractivity contribution in [3.05, 3.63) is 73.9 Å². The van der Waals surface area contributed by atoms with Crippen LogP contribution in [0.4, 0.5) is 0 Å². The summed E-state index contributed by atoms with van der Waals surface area (Å²) in [4.78, 5) is 13.3. The number of thiophene rings is 1. The van der Waals surface area contributed by atoms with Crippen molar-refractivity contribution >= 4 is 39.9 Å².